The van der Waals surface area contributed by atoms with Crippen LogP contribution in [0.4, 0.5) is 13.2 Å². The van der Waals surface area contributed by atoms with E-state index in [1.807, 2.05) is 91.0 Å². The topological polar surface area (TPSA) is 48.5 Å². The fourth-order valence-corrected chi connectivity index (χ4v) is 8.47. The maximum atomic E-state index is 14.4. The van der Waals surface area contributed by atoms with Crippen molar-refractivity contribution in [2.24, 2.45) is 0 Å². The summed E-state index contributed by atoms with van der Waals surface area (Å²) in [6.07, 6.45) is -4.54. The SMILES string of the molecule is FC(F)(F)c1cccc(-c2cc(-n3c4ccccc4c4ccc(-n5c6ccccc6c6ccccc65)cc43)ccc2-c2nc(-c3ccccc3)nc(-c3ccccc3)n2)c1. The van der Waals surface area contributed by atoms with Gasteiger partial charge in [0.15, 0.2) is 17.5 Å². The molecule has 0 aliphatic rings. The minimum absolute atomic E-state index is 0.345. The van der Waals surface area contributed by atoms with Gasteiger partial charge in [0.05, 0.1) is 27.6 Å². The smallest absolute Gasteiger partial charge is 0.309 e. The highest BCUT2D eigenvalue weighted by molar-refractivity contribution is 6.12. The molecule has 0 radical (unpaired) electrons. The second kappa shape index (κ2) is 13.9. The predicted molar refractivity (Wildman–Crippen MR) is 235 cm³/mol. The Balaban J connectivity index is 1.18. The minimum atomic E-state index is -4.54. The van der Waals surface area contributed by atoms with Crippen molar-refractivity contribution in [1.29, 1.82) is 0 Å². The van der Waals surface area contributed by atoms with Gasteiger partial charge in [-0.25, -0.2) is 15.0 Å². The van der Waals surface area contributed by atoms with Crippen LogP contribution in [0.5, 0.6) is 0 Å². The lowest BCUT2D eigenvalue weighted by Crippen LogP contribution is -2.05. The summed E-state index contributed by atoms with van der Waals surface area (Å²) in [6, 6.07) is 62.2. The molecule has 3 aromatic heterocycles. The van der Waals surface area contributed by atoms with Crippen LogP contribution in [0, 0.1) is 0 Å². The lowest BCUT2D eigenvalue weighted by atomic mass is 9.96. The van der Waals surface area contributed by atoms with Gasteiger partial charge in [-0.2, -0.15) is 13.2 Å². The van der Waals surface area contributed by atoms with Crippen molar-refractivity contribution in [3.05, 3.63) is 200 Å². The van der Waals surface area contributed by atoms with E-state index in [1.54, 1.807) is 6.07 Å². The number of alkyl halides is 3. The van der Waals surface area contributed by atoms with Gasteiger partial charge in [0.25, 0.3) is 0 Å². The summed E-state index contributed by atoms with van der Waals surface area (Å²) in [5, 5.41) is 4.44. The molecule has 0 saturated heterocycles. The van der Waals surface area contributed by atoms with Gasteiger partial charge in [0.1, 0.15) is 0 Å². The molecule has 60 heavy (non-hydrogen) atoms. The van der Waals surface area contributed by atoms with Gasteiger partial charge in [-0.1, -0.05) is 133 Å². The van der Waals surface area contributed by atoms with E-state index >= 15 is 0 Å². The van der Waals surface area contributed by atoms with Crippen molar-refractivity contribution >= 4 is 43.6 Å². The second-order valence-electron chi connectivity index (χ2n) is 14.8. The van der Waals surface area contributed by atoms with Gasteiger partial charge in [-0.3, -0.25) is 0 Å². The van der Waals surface area contributed by atoms with Crippen LogP contribution < -0.4 is 0 Å². The largest absolute Gasteiger partial charge is 0.416 e. The molecule has 0 aliphatic carbocycles. The third-order valence-corrected chi connectivity index (χ3v) is 11.2. The van der Waals surface area contributed by atoms with Crippen molar-refractivity contribution in [2.75, 3.05) is 0 Å². The number of hydrogen-bond acceptors (Lipinski definition) is 3. The molecule has 8 aromatic carbocycles. The molecule has 0 aliphatic heterocycles. The van der Waals surface area contributed by atoms with Gasteiger partial charge in [-0.15, -0.1) is 0 Å². The number of rotatable bonds is 6. The van der Waals surface area contributed by atoms with Crippen LogP contribution in [0.2, 0.25) is 0 Å². The Morgan fingerprint density at radius 2 is 0.783 bits per heavy atom. The number of fused-ring (bicyclic) bond motifs is 6. The Morgan fingerprint density at radius 1 is 0.333 bits per heavy atom. The van der Waals surface area contributed by atoms with Crippen LogP contribution in [-0.4, -0.2) is 24.1 Å². The molecule has 0 atom stereocenters. The first-order chi connectivity index (χ1) is 29.4. The normalized spacial score (nSPS) is 11.9. The molecule has 0 N–H and O–H groups in total. The highest BCUT2D eigenvalue weighted by Gasteiger charge is 2.31. The molecule has 0 amide bonds. The number of hydrogen-bond donors (Lipinski definition) is 0. The predicted octanol–water partition coefficient (Wildman–Crippen LogP) is 13.8. The standard InChI is InChI=1S/C52H32F3N5/c53-52(54,55)36-19-13-18-35(30-36)44-31-37(27-29-43(44)51-57-49(33-14-3-1-4-15-33)56-50(58-51)34-16-5-2-6-17-34)60-47-25-12-9-22-41(47)42-28-26-38(32-48(42)60)59-45-23-10-7-20-39(45)40-21-8-11-24-46(40)59/h1-32H. The zero-order valence-corrected chi connectivity index (χ0v) is 31.8. The van der Waals surface area contributed by atoms with E-state index in [-0.39, 0.29) is 0 Å². The fraction of sp³-hybridized carbons (Fsp3) is 0.0192. The van der Waals surface area contributed by atoms with Gasteiger partial charge in [0.2, 0.25) is 0 Å². The van der Waals surface area contributed by atoms with E-state index in [2.05, 4.69) is 88.0 Å². The number of benzene rings is 8. The Hall–Kier alpha value is -7.84. The molecular weight excluding hydrogens is 752 g/mol. The van der Waals surface area contributed by atoms with Gasteiger partial charge in [0, 0.05) is 49.6 Å². The van der Waals surface area contributed by atoms with Crippen LogP contribution >= 0.6 is 0 Å². The minimum Gasteiger partial charge on any atom is -0.309 e. The van der Waals surface area contributed by atoms with Crippen molar-refractivity contribution < 1.29 is 13.2 Å². The summed E-state index contributed by atoms with van der Waals surface area (Å²) in [5.74, 6) is 1.26. The highest BCUT2D eigenvalue weighted by atomic mass is 19.4. The molecule has 0 saturated carbocycles. The van der Waals surface area contributed by atoms with E-state index in [4.69, 9.17) is 15.0 Å². The molecular formula is C52H32F3N5. The monoisotopic (exact) mass is 783 g/mol. The van der Waals surface area contributed by atoms with Crippen molar-refractivity contribution in [3.8, 4) is 56.7 Å². The average Bonchev–Trinajstić information content (AvgIpc) is 3.81. The maximum Gasteiger partial charge on any atom is 0.416 e. The van der Waals surface area contributed by atoms with E-state index in [9.17, 15) is 13.2 Å². The summed E-state index contributed by atoms with van der Waals surface area (Å²) in [5.41, 5.74) is 8.23. The third kappa shape index (κ3) is 5.91. The lowest BCUT2D eigenvalue weighted by molar-refractivity contribution is -0.137. The summed E-state index contributed by atoms with van der Waals surface area (Å²) >= 11 is 0. The Labute approximate surface area is 342 Å². The summed E-state index contributed by atoms with van der Waals surface area (Å²) in [7, 11) is 0. The first-order valence-corrected chi connectivity index (χ1v) is 19.6. The van der Waals surface area contributed by atoms with Crippen LogP contribution in [0.3, 0.4) is 0 Å². The van der Waals surface area contributed by atoms with Gasteiger partial charge >= 0.3 is 6.18 Å². The maximum absolute atomic E-state index is 14.4. The summed E-state index contributed by atoms with van der Waals surface area (Å²) in [4.78, 5) is 14.8. The first kappa shape index (κ1) is 35.3. The Bertz CT molecular complexity index is 3310. The van der Waals surface area contributed by atoms with Gasteiger partial charge in [-0.05, 0) is 71.8 Å². The summed E-state index contributed by atoms with van der Waals surface area (Å²) in [6.45, 7) is 0. The first-order valence-electron chi connectivity index (χ1n) is 19.6. The molecule has 11 aromatic rings. The molecule has 0 bridgehead atoms. The highest BCUT2D eigenvalue weighted by Crippen LogP contribution is 2.41. The number of para-hydroxylation sites is 3. The lowest BCUT2D eigenvalue weighted by Gasteiger charge is -2.17. The number of aromatic nitrogens is 5. The second-order valence-corrected chi connectivity index (χ2v) is 14.8. The third-order valence-electron chi connectivity index (χ3n) is 11.2. The van der Waals surface area contributed by atoms with Crippen molar-refractivity contribution in [2.45, 2.75) is 6.18 Å². The number of halogens is 3. The van der Waals surface area contributed by atoms with Gasteiger partial charge < -0.3 is 9.13 Å². The Morgan fingerprint density at radius 3 is 1.35 bits per heavy atom. The van der Waals surface area contributed by atoms with E-state index in [0.29, 0.717) is 34.2 Å². The summed E-state index contributed by atoms with van der Waals surface area (Å²) < 4.78 is 47.5. The van der Waals surface area contributed by atoms with Crippen molar-refractivity contribution in [1.82, 2.24) is 24.1 Å². The molecule has 0 unspecified atom stereocenters. The van der Waals surface area contributed by atoms with E-state index in [0.717, 1.165) is 61.4 Å². The molecule has 0 spiro atoms. The molecule has 3 heterocycles. The molecule has 8 heteroatoms. The Kier molecular flexibility index (Phi) is 8.20. The quantitative estimate of drug-likeness (QED) is 0.169. The van der Waals surface area contributed by atoms with Crippen LogP contribution in [-0.2, 0) is 6.18 Å². The molecule has 286 valence electrons. The molecule has 11 rings (SSSR count). The zero-order valence-electron chi connectivity index (χ0n) is 31.8. The van der Waals surface area contributed by atoms with Crippen LogP contribution in [0.1, 0.15) is 5.56 Å². The fourth-order valence-electron chi connectivity index (χ4n) is 8.47. The molecule has 0 fully saturated rings. The van der Waals surface area contributed by atoms with Crippen LogP contribution in [0.25, 0.3) is 100 Å². The van der Waals surface area contributed by atoms with Crippen molar-refractivity contribution in [3.63, 3.8) is 0 Å². The average molecular weight is 784 g/mol. The molecule has 5 nitrogen and oxygen atoms in total. The van der Waals surface area contributed by atoms with Crippen LogP contribution in [0.15, 0.2) is 194 Å². The number of nitrogens with zero attached hydrogens (tertiary/aromatic N) is 5. The van der Waals surface area contributed by atoms with E-state index < -0.39 is 11.7 Å². The van der Waals surface area contributed by atoms with E-state index in [1.165, 1.54) is 22.9 Å². The zero-order chi connectivity index (χ0) is 40.4.